The molecule has 0 aromatic heterocycles. The Hall–Kier alpha value is -0.260. The van der Waals surface area contributed by atoms with Crippen LogP contribution in [0.1, 0.15) is 44.9 Å². The molecule has 0 bridgehead atoms. The standard InChI is InChI=1S/C17H33N3OS/c1-22-13-8-16(18)17(21)20-10-5-9-19(11-12-20)14-15-6-3-2-4-7-15/h15-16H,2-14,18H2,1H3. The minimum absolute atomic E-state index is 0.161. The summed E-state index contributed by atoms with van der Waals surface area (Å²) >= 11 is 1.76. The third-order valence-corrected chi connectivity index (χ3v) is 5.74. The fourth-order valence-electron chi connectivity index (χ4n) is 3.71. The summed E-state index contributed by atoms with van der Waals surface area (Å²) in [5.41, 5.74) is 6.05. The molecule has 128 valence electrons. The lowest BCUT2D eigenvalue weighted by Crippen LogP contribution is -2.45. The molecule has 0 aromatic rings. The second-order valence-corrected chi connectivity index (χ2v) is 7.86. The van der Waals surface area contributed by atoms with Crippen molar-refractivity contribution < 1.29 is 4.79 Å². The maximum atomic E-state index is 12.4. The van der Waals surface area contributed by atoms with Crippen molar-refractivity contribution in [3.8, 4) is 0 Å². The minimum atomic E-state index is -0.308. The van der Waals surface area contributed by atoms with Crippen LogP contribution in [-0.2, 0) is 4.79 Å². The van der Waals surface area contributed by atoms with Gasteiger partial charge in [-0.15, -0.1) is 0 Å². The smallest absolute Gasteiger partial charge is 0.239 e. The van der Waals surface area contributed by atoms with Crippen molar-refractivity contribution in [3.63, 3.8) is 0 Å². The highest BCUT2D eigenvalue weighted by Gasteiger charge is 2.24. The fourth-order valence-corrected chi connectivity index (χ4v) is 4.20. The van der Waals surface area contributed by atoms with E-state index in [9.17, 15) is 4.79 Å². The molecular weight excluding hydrogens is 294 g/mol. The van der Waals surface area contributed by atoms with Gasteiger partial charge in [-0.3, -0.25) is 4.79 Å². The molecule has 0 radical (unpaired) electrons. The lowest BCUT2D eigenvalue weighted by Gasteiger charge is -2.29. The van der Waals surface area contributed by atoms with Crippen molar-refractivity contribution in [2.24, 2.45) is 11.7 Å². The first kappa shape index (κ1) is 18.1. The molecule has 0 aromatic carbocycles. The number of hydrogen-bond acceptors (Lipinski definition) is 4. The van der Waals surface area contributed by atoms with Gasteiger partial charge in [-0.1, -0.05) is 19.3 Å². The van der Waals surface area contributed by atoms with E-state index in [4.69, 9.17) is 5.73 Å². The van der Waals surface area contributed by atoms with E-state index in [1.165, 1.54) is 38.6 Å². The second-order valence-electron chi connectivity index (χ2n) is 6.87. The van der Waals surface area contributed by atoms with Gasteiger partial charge in [-0.05, 0) is 50.2 Å². The number of nitrogens with zero attached hydrogens (tertiary/aromatic N) is 2. The first-order valence-electron chi connectivity index (χ1n) is 8.96. The largest absolute Gasteiger partial charge is 0.340 e. The van der Waals surface area contributed by atoms with Crippen molar-refractivity contribution in [2.45, 2.75) is 51.0 Å². The van der Waals surface area contributed by atoms with Crippen molar-refractivity contribution in [1.82, 2.24) is 9.80 Å². The van der Waals surface area contributed by atoms with E-state index in [0.29, 0.717) is 0 Å². The van der Waals surface area contributed by atoms with Gasteiger partial charge in [0.15, 0.2) is 0 Å². The molecule has 1 heterocycles. The molecule has 22 heavy (non-hydrogen) atoms. The highest BCUT2D eigenvalue weighted by molar-refractivity contribution is 7.98. The van der Waals surface area contributed by atoms with Crippen LogP contribution in [-0.4, -0.2) is 66.5 Å². The Morgan fingerprint density at radius 2 is 1.91 bits per heavy atom. The Morgan fingerprint density at radius 1 is 1.14 bits per heavy atom. The number of rotatable bonds is 6. The van der Waals surface area contributed by atoms with E-state index in [1.54, 1.807) is 11.8 Å². The molecule has 4 nitrogen and oxygen atoms in total. The molecule has 2 rings (SSSR count). The van der Waals surface area contributed by atoms with Gasteiger partial charge in [0.2, 0.25) is 5.91 Å². The summed E-state index contributed by atoms with van der Waals surface area (Å²) in [7, 11) is 0. The van der Waals surface area contributed by atoms with Crippen LogP contribution in [0.2, 0.25) is 0 Å². The van der Waals surface area contributed by atoms with Crippen LogP contribution in [0.4, 0.5) is 0 Å². The summed E-state index contributed by atoms with van der Waals surface area (Å²) in [5, 5.41) is 0. The summed E-state index contributed by atoms with van der Waals surface area (Å²) in [6, 6.07) is -0.308. The van der Waals surface area contributed by atoms with Crippen LogP contribution in [0, 0.1) is 5.92 Å². The van der Waals surface area contributed by atoms with Gasteiger partial charge in [0, 0.05) is 26.2 Å². The third kappa shape index (κ3) is 5.74. The molecule has 1 unspecified atom stereocenters. The maximum Gasteiger partial charge on any atom is 0.239 e. The van der Waals surface area contributed by atoms with Gasteiger partial charge in [0.1, 0.15) is 0 Å². The number of thioether (sulfide) groups is 1. The first-order chi connectivity index (χ1) is 10.7. The van der Waals surface area contributed by atoms with Crippen molar-refractivity contribution in [3.05, 3.63) is 0 Å². The minimum Gasteiger partial charge on any atom is -0.340 e. The number of nitrogens with two attached hydrogens (primary N) is 1. The van der Waals surface area contributed by atoms with E-state index in [2.05, 4.69) is 11.2 Å². The summed E-state index contributed by atoms with van der Waals surface area (Å²) < 4.78 is 0. The molecule has 2 fully saturated rings. The molecule has 0 spiro atoms. The van der Waals surface area contributed by atoms with Crippen molar-refractivity contribution in [1.29, 1.82) is 0 Å². The fraction of sp³-hybridized carbons (Fsp3) is 0.941. The summed E-state index contributed by atoms with van der Waals surface area (Å²) in [6.45, 7) is 5.14. The van der Waals surface area contributed by atoms with Gasteiger partial charge < -0.3 is 15.5 Å². The Kier molecular flexibility index (Phi) is 8.04. The van der Waals surface area contributed by atoms with E-state index in [1.807, 2.05) is 4.90 Å². The van der Waals surface area contributed by atoms with Crippen molar-refractivity contribution >= 4 is 17.7 Å². The number of carbonyl (C=O) groups is 1. The lowest BCUT2D eigenvalue weighted by atomic mass is 9.89. The van der Waals surface area contributed by atoms with Gasteiger partial charge in [0.25, 0.3) is 0 Å². The van der Waals surface area contributed by atoms with Crippen LogP contribution < -0.4 is 5.73 Å². The molecule has 1 amide bonds. The molecule has 5 heteroatoms. The predicted molar refractivity (Wildman–Crippen MR) is 95.2 cm³/mol. The maximum absolute atomic E-state index is 12.4. The van der Waals surface area contributed by atoms with Gasteiger partial charge in [-0.2, -0.15) is 11.8 Å². The molecule has 1 atom stereocenters. The lowest BCUT2D eigenvalue weighted by molar-refractivity contribution is -0.132. The Balaban J connectivity index is 1.75. The predicted octanol–water partition coefficient (Wildman–Crippen LogP) is 2.18. The van der Waals surface area contributed by atoms with Gasteiger partial charge >= 0.3 is 0 Å². The quantitative estimate of drug-likeness (QED) is 0.812. The number of hydrogen-bond donors (Lipinski definition) is 1. The topological polar surface area (TPSA) is 49.6 Å². The van der Waals surface area contributed by atoms with E-state index in [0.717, 1.165) is 50.7 Å². The Bertz CT molecular complexity index is 334. The number of carbonyl (C=O) groups excluding carboxylic acids is 1. The molecule has 1 saturated heterocycles. The number of amides is 1. The van der Waals surface area contributed by atoms with Gasteiger partial charge in [-0.25, -0.2) is 0 Å². The zero-order valence-electron chi connectivity index (χ0n) is 14.1. The highest BCUT2D eigenvalue weighted by atomic mass is 32.2. The van der Waals surface area contributed by atoms with Crippen LogP contribution in [0.15, 0.2) is 0 Å². The SMILES string of the molecule is CSCCC(N)C(=O)N1CCCN(CC2CCCCC2)CC1. The zero-order valence-corrected chi connectivity index (χ0v) is 15.0. The van der Waals surface area contributed by atoms with Gasteiger partial charge in [0.05, 0.1) is 6.04 Å². The summed E-state index contributed by atoms with van der Waals surface area (Å²) in [6.07, 6.45) is 11.0. The van der Waals surface area contributed by atoms with Crippen LogP contribution in [0.25, 0.3) is 0 Å². The molecule has 2 aliphatic rings. The molecule has 1 aliphatic carbocycles. The highest BCUT2D eigenvalue weighted by Crippen LogP contribution is 2.24. The summed E-state index contributed by atoms with van der Waals surface area (Å²) in [4.78, 5) is 17.0. The molecule has 1 aliphatic heterocycles. The molecule has 1 saturated carbocycles. The average Bonchev–Trinajstić information content (AvgIpc) is 2.78. The monoisotopic (exact) mass is 327 g/mol. The average molecular weight is 328 g/mol. The van der Waals surface area contributed by atoms with Crippen LogP contribution >= 0.6 is 11.8 Å². The second kappa shape index (κ2) is 9.78. The third-order valence-electron chi connectivity index (χ3n) is 5.09. The van der Waals surface area contributed by atoms with E-state index in [-0.39, 0.29) is 11.9 Å². The van der Waals surface area contributed by atoms with Crippen molar-refractivity contribution in [2.75, 3.05) is 44.7 Å². The normalized spacial score (nSPS) is 23.3. The molecule has 2 N–H and O–H groups in total. The van der Waals surface area contributed by atoms with E-state index < -0.39 is 0 Å². The van der Waals surface area contributed by atoms with Crippen LogP contribution in [0.5, 0.6) is 0 Å². The zero-order chi connectivity index (χ0) is 15.8. The summed E-state index contributed by atoms with van der Waals surface area (Å²) in [5.74, 6) is 2.02. The molecular formula is C17H33N3OS. The Morgan fingerprint density at radius 3 is 2.64 bits per heavy atom. The Labute approximate surface area is 140 Å². The van der Waals surface area contributed by atoms with Crippen LogP contribution in [0.3, 0.4) is 0 Å². The van der Waals surface area contributed by atoms with E-state index >= 15 is 0 Å². The first-order valence-corrected chi connectivity index (χ1v) is 10.4.